The highest BCUT2D eigenvalue weighted by molar-refractivity contribution is 5.97. The number of benzene rings is 2. The van der Waals surface area contributed by atoms with E-state index in [1.165, 1.54) is 18.2 Å². The Bertz CT molecular complexity index is 928. The van der Waals surface area contributed by atoms with Crippen molar-refractivity contribution in [2.24, 2.45) is 0 Å². The number of halogens is 2. The van der Waals surface area contributed by atoms with Crippen LogP contribution in [-0.2, 0) is 16.8 Å². The molecule has 1 aliphatic carbocycles. The Kier molecular flexibility index (Phi) is 3.37. The quantitative estimate of drug-likeness (QED) is 0.753. The van der Waals surface area contributed by atoms with Crippen molar-refractivity contribution in [3.05, 3.63) is 71.4 Å². The molecule has 1 heterocycles. The van der Waals surface area contributed by atoms with E-state index in [4.69, 9.17) is 0 Å². The summed E-state index contributed by atoms with van der Waals surface area (Å²) in [7, 11) is 0. The number of nitrogens with one attached hydrogen (secondary N) is 2. The Morgan fingerprint density at radius 3 is 2.71 bits per heavy atom. The lowest BCUT2D eigenvalue weighted by atomic mass is 9.94. The van der Waals surface area contributed by atoms with Crippen LogP contribution in [-0.4, -0.2) is 10.9 Å². The van der Waals surface area contributed by atoms with E-state index in [2.05, 4.69) is 10.3 Å². The van der Waals surface area contributed by atoms with E-state index in [1.807, 2.05) is 0 Å². The number of amides is 1. The number of hydrogen-bond donors (Lipinski definition) is 2. The largest absolute Gasteiger partial charge is 0.361 e. The lowest BCUT2D eigenvalue weighted by Crippen LogP contribution is -2.34. The van der Waals surface area contributed by atoms with E-state index in [-0.39, 0.29) is 24.1 Å². The molecular formula is C19H16F2N2O. The molecule has 1 aliphatic rings. The molecule has 2 aromatic carbocycles. The molecule has 0 unspecified atom stereocenters. The van der Waals surface area contributed by atoms with Gasteiger partial charge in [-0.3, -0.25) is 4.79 Å². The zero-order valence-electron chi connectivity index (χ0n) is 12.9. The maximum absolute atomic E-state index is 13.7. The maximum atomic E-state index is 13.7. The van der Waals surface area contributed by atoms with E-state index in [0.717, 1.165) is 23.8 Å². The molecule has 1 fully saturated rings. The first-order valence-electron chi connectivity index (χ1n) is 7.89. The van der Waals surface area contributed by atoms with Gasteiger partial charge in [0.1, 0.15) is 11.6 Å². The van der Waals surface area contributed by atoms with Gasteiger partial charge in [-0.2, -0.15) is 0 Å². The van der Waals surface area contributed by atoms with Crippen LogP contribution in [0, 0.1) is 11.6 Å². The zero-order chi connectivity index (χ0) is 16.7. The first-order chi connectivity index (χ1) is 11.6. The molecule has 3 aromatic rings. The molecule has 4 rings (SSSR count). The standard InChI is InChI=1S/C19H16F2N2O/c20-13-5-6-14-15(11-22-17(14)9-13)19(7-8-19)18(24)23-10-12-3-1-2-4-16(12)21/h1-6,9,11,22H,7-8,10H2,(H,23,24). The molecule has 0 aliphatic heterocycles. The number of aromatic nitrogens is 1. The highest BCUT2D eigenvalue weighted by Gasteiger charge is 2.52. The molecule has 0 atom stereocenters. The van der Waals surface area contributed by atoms with Crippen LogP contribution in [0.5, 0.6) is 0 Å². The minimum Gasteiger partial charge on any atom is -0.361 e. The topological polar surface area (TPSA) is 44.9 Å². The fourth-order valence-electron chi connectivity index (χ4n) is 3.22. The van der Waals surface area contributed by atoms with Gasteiger partial charge in [-0.05, 0) is 42.7 Å². The van der Waals surface area contributed by atoms with E-state index in [9.17, 15) is 13.6 Å². The van der Waals surface area contributed by atoms with Crippen LogP contribution in [0.1, 0.15) is 24.0 Å². The van der Waals surface area contributed by atoms with Crippen molar-refractivity contribution < 1.29 is 13.6 Å². The molecule has 5 heteroatoms. The Balaban J connectivity index is 1.58. The molecular weight excluding hydrogens is 310 g/mol. The van der Waals surface area contributed by atoms with Crippen molar-refractivity contribution in [2.75, 3.05) is 0 Å². The molecule has 1 saturated carbocycles. The van der Waals surface area contributed by atoms with Gasteiger partial charge in [0.15, 0.2) is 0 Å². The highest BCUT2D eigenvalue weighted by atomic mass is 19.1. The number of H-pyrrole nitrogens is 1. The summed E-state index contributed by atoms with van der Waals surface area (Å²) in [5.41, 5.74) is 1.42. The normalized spacial score (nSPS) is 15.4. The number of carbonyl (C=O) groups excluding carboxylic acids is 1. The van der Waals surface area contributed by atoms with Crippen molar-refractivity contribution >= 4 is 16.8 Å². The van der Waals surface area contributed by atoms with Gasteiger partial charge in [-0.25, -0.2) is 8.78 Å². The molecule has 1 aromatic heterocycles. The third-order valence-corrected chi connectivity index (χ3v) is 4.74. The van der Waals surface area contributed by atoms with Gasteiger partial charge in [0.25, 0.3) is 0 Å². The Hall–Kier alpha value is -2.69. The molecule has 0 radical (unpaired) electrons. The Labute approximate surface area is 137 Å². The zero-order valence-corrected chi connectivity index (χ0v) is 12.9. The number of rotatable bonds is 4. The number of hydrogen-bond acceptors (Lipinski definition) is 1. The summed E-state index contributed by atoms with van der Waals surface area (Å²) in [6.07, 6.45) is 3.25. The molecule has 0 spiro atoms. The van der Waals surface area contributed by atoms with E-state index in [1.54, 1.807) is 30.5 Å². The lowest BCUT2D eigenvalue weighted by Gasteiger charge is -2.15. The van der Waals surface area contributed by atoms with Crippen LogP contribution in [0.25, 0.3) is 10.9 Å². The van der Waals surface area contributed by atoms with Crippen LogP contribution in [0.3, 0.4) is 0 Å². The van der Waals surface area contributed by atoms with Gasteiger partial charge in [0.2, 0.25) is 5.91 Å². The summed E-state index contributed by atoms with van der Waals surface area (Å²) in [6.45, 7) is 0.157. The van der Waals surface area contributed by atoms with Crippen molar-refractivity contribution in [3.63, 3.8) is 0 Å². The van der Waals surface area contributed by atoms with Crippen LogP contribution in [0.4, 0.5) is 8.78 Å². The SMILES string of the molecule is O=C(NCc1ccccc1F)C1(c2c[nH]c3cc(F)ccc23)CC1. The van der Waals surface area contributed by atoms with Gasteiger partial charge < -0.3 is 10.3 Å². The van der Waals surface area contributed by atoms with Gasteiger partial charge >= 0.3 is 0 Å². The first kappa shape index (κ1) is 14.9. The predicted octanol–water partition coefficient (Wildman–Crippen LogP) is 3.79. The molecule has 0 bridgehead atoms. The van der Waals surface area contributed by atoms with Crippen LogP contribution in [0.2, 0.25) is 0 Å². The lowest BCUT2D eigenvalue weighted by molar-refractivity contribution is -0.123. The monoisotopic (exact) mass is 326 g/mol. The van der Waals surface area contributed by atoms with Gasteiger partial charge in [0, 0.05) is 29.2 Å². The second-order valence-electron chi connectivity index (χ2n) is 6.25. The molecule has 1 amide bonds. The summed E-state index contributed by atoms with van der Waals surface area (Å²) in [6, 6.07) is 10.9. The molecule has 2 N–H and O–H groups in total. The highest BCUT2D eigenvalue weighted by Crippen LogP contribution is 2.50. The summed E-state index contributed by atoms with van der Waals surface area (Å²) in [5, 5.41) is 3.70. The van der Waals surface area contributed by atoms with E-state index >= 15 is 0 Å². The molecule has 122 valence electrons. The van der Waals surface area contributed by atoms with Crippen LogP contribution >= 0.6 is 0 Å². The second kappa shape index (κ2) is 5.44. The summed E-state index contributed by atoms with van der Waals surface area (Å²) in [4.78, 5) is 15.7. The molecule has 0 saturated heterocycles. The maximum Gasteiger partial charge on any atom is 0.231 e. The van der Waals surface area contributed by atoms with Crippen molar-refractivity contribution in [3.8, 4) is 0 Å². The predicted molar refractivity (Wildman–Crippen MR) is 87.4 cm³/mol. The summed E-state index contributed by atoms with van der Waals surface area (Å²) in [5.74, 6) is -0.758. The minimum atomic E-state index is -0.596. The Morgan fingerprint density at radius 1 is 1.17 bits per heavy atom. The first-order valence-corrected chi connectivity index (χ1v) is 7.89. The van der Waals surface area contributed by atoms with Gasteiger partial charge in [-0.15, -0.1) is 0 Å². The van der Waals surface area contributed by atoms with Gasteiger partial charge in [0.05, 0.1) is 5.41 Å². The number of fused-ring (bicyclic) bond motifs is 1. The summed E-state index contributed by atoms with van der Waals surface area (Å²) < 4.78 is 27.0. The van der Waals surface area contributed by atoms with E-state index in [0.29, 0.717) is 11.1 Å². The average molecular weight is 326 g/mol. The molecule has 3 nitrogen and oxygen atoms in total. The van der Waals surface area contributed by atoms with Crippen LogP contribution in [0.15, 0.2) is 48.7 Å². The van der Waals surface area contributed by atoms with Crippen molar-refractivity contribution in [2.45, 2.75) is 24.8 Å². The second-order valence-corrected chi connectivity index (χ2v) is 6.25. The van der Waals surface area contributed by atoms with Crippen LogP contribution < -0.4 is 5.32 Å². The molecule has 24 heavy (non-hydrogen) atoms. The minimum absolute atomic E-state index is 0.115. The third-order valence-electron chi connectivity index (χ3n) is 4.74. The smallest absolute Gasteiger partial charge is 0.231 e. The number of aromatic amines is 1. The third kappa shape index (κ3) is 2.37. The average Bonchev–Trinajstić information content (AvgIpc) is 3.28. The van der Waals surface area contributed by atoms with Crippen molar-refractivity contribution in [1.82, 2.24) is 10.3 Å². The fourth-order valence-corrected chi connectivity index (χ4v) is 3.22. The number of carbonyl (C=O) groups is 1. The summed E-state index contributed by atoms with van der Waals surface area (Å²) >= 11 is 0. The van der Waals surface area contributed by atoms with Crippen molar-refractivity contribution in [1.29, 1.82) is 0 Å². The fraction of sp³-hybridized carbons (Fsp3) is 0.211. The Morgan fingerprint density at radius 2 is 1.96 bits per heavy atom. The van der Waals surface area contributed by atoms with E-state index < -0.39 is 5.41 Å². The van der Waals surface area contributed by atoms with Gasteiger partial charge in [-0.1, -0.05) is 18.2 Å².